The Kier molecular flexibility index (Phi) is 10.4. The molecule has 1 aliphatic carbocycles. The number of rotatable bonds is 10. The molecule has 0 radical (unpaired) electrons. The molecule has 8 heteroatoms. The highest BCUT2D eigenvalue weighted by atomic mass is 127. The van der Waals surface area contributed by atoms with Gasteiger partial charge in [0, 0.05) is 19.6 Å². The predicted molar refractivity (Wildman–Crippen MR) is 133 cm³/mol. The van der Waals surface area contributed by atoms with Crippen LogP contribution in [0.5, 0.6) is 11.5 Å². The molecule has 31 heavy (non-hydrogen) atoms. The number of ether oxygens (including phenoxy) is 2. The van der Waals surface area contributed by atoms with E-state index in [2.05, 4.69) is 27.9 Å². The molecule has 3 rings (SSSR count). The number of hydrogen-bond donors (Lipinski definition) is 3. The number of amides is 1. The lowest BCUT2D eigenvalue weighted by atomic mass is 10.2. The number of carbonyl (C=O) groups is 1. The molecule has 2 aromatic carbocycles. The predicted octanol–water partition coefficient (Wildman–Crippen LogP) is 3.01. The van der Waals surface area contributed by atoms with Crippen molar-refractivity contribution in [2.24, 2.45) is 4.99 Å². The maximum Gasteiger partial charge on any atom is 0.258 e. The summed E-state index contributed by atoms with van der Waals surface area (Å²) in [6.07, 6.45) is 2.14. The van der Waals surface area contributed by atoms with Crippen LogP contribution in [0.15, 0.2) is 53.5 Å². The Morgan fingerprint density at radius 1 is 1.06 bits per heavy atom. The molecule has 0 spiro atoms. The molecule has 0 saturated heterocycles. The van der Waals surface area contributed by atoms with Crippen molar-refractivity contribution in [3.05, 3.63) is 59.7 Å². The van der Waals surface area contributed by atoms with Gasteiger partial charge in [0.2, 0.25) is 0 Å². The summed E-state index contributed by atoms with van der Waals surface area (Å²) >= 11 is 0. The highest BCUT2D eigenvalue weighted by molar-refractivity contribution is 14.0. The molecule has 7 nitrogen and oxygen atoms in total. The van der Waals surface area contributed by atoms with Crippen LogP contribution in [-0.2, 0) is 11.3 Å². The minimum Gasteiger partial charge on any atom is -0.492 e. The number of guanidine groups is 1. The van der Waals surface area contributed by atoms with Crippen molar-refractivity contribution in [2.75, 3.05) is 26.8 Å². The summed E-state index contributed by atoms with van der Waals surface area (Å²) in [4.78, 5) is 16.0. The van der Waals surface area contributed by atoms with E-state index < -0.39 is 0 Å². The Hall–Kier alpha value is -2.49. The zero-order chi connectivity index (χ0) is 21.2. The largest absolute Gasteiger partial charge is 0.492 e. The van der Waals surface area contributed by atoms with Crippen molar-refractivity contribution in [3.8, 4) is 11.5 Å². The van der Waals surface area contributed by atoms with Crippen molar-refractivity contribution in [2.45, 2.75) is 32.4 Å². The molecule has 0 aromatic heterocycles. The number of aryl methyl sites for hydroxylation is 1. The summed E-state index contributed by atoms with van der Waals surface area (Å²) < 4.78 is 11.3. The second kappa shape index (κ2) is 13.0. The van der Waals surface area contributed by atoms with Crippen LogP contribution in [0.25, 0.3) is 0 Å². The van der Waals surface area contributed by atoms with Crippen LogP contribution in [0.2, 0.25) is 0 Å². The molecule has 0 heterocycles. The molecule has 3 N–H and O–H groups in total. The number of nitrogens with one attached hydrogen (secondary N) is 3. The van der Waals surface area contributed by atoms with Crippen molar-refractivity contribution < 1.29 is 14.3 Å². The van der Waals surface area contributed by atoms with Crippen LogP contribution in [0, 0.1) is 6.92 Å². The van der Waals surface area contributed by atoms with Gasteiger partial charge in [0.25, 0.3) is 5.91 Å². The molecule has 0 aliphatic heterocycles. The first-order valence-corrected chi connectivity index (χ1v) is 10.3. The van der Waals surface area contributed by atoms with Gasteiger partial charge in [0.15, 0.2) is 12.6 Å². The Bertz CT molecular complexity index is 854. The van der Waals surface area contributed by atoms with Gasteiger partial charge in [0.05, 0.1) is 6.54 Å². The van der Waals surface area contributed by atoms with Gasteiger partial charge in [0.1, 0.15) is 18.1 Å². The Morgan fingerprint density at radius 2 is 1.84 bits per heavy atom. The molecular formula is C23H31IN4O3. The molecule has 1 saturated carbocycles. The molecule has 0 atom stereocenters. The third-order valence-electron chi connectivity index (χ3n) is 4.58. The molecule has 2 aromatic rings. The van der Waals surface area contributed by atoms with Crippen LogP contribution in [-0.4, -0.2) is 44.7 Å². The lowest BCUT2D eigenvalue weighted by molar-refractivity contribution is -0.123. The topological polar surface area (TPSA) is 84.0 Å². The highest BCUT2D eigenvalue weighted by Gasteiger charge is 2.23. The van der Waals surface area contributed by atoms with Crippen LogP contribution in [0.3, 0.4) is 0 Å². The fourth-order valence-corrected chi connectivity index (χ4v) is 2.77. The third kappa shape index (κ3) is 9.46. The average molecular weight is 538 g/mol. The summed E-state index contributed by atoms with van der Waals surface area (Å²) in [6, 6.07) is 16.0. The fraction of sp³-hybridized carbons (Fsp3) is 0.391. The van der Waals surface area contributed by atoms with E-state index in [1.165, 1.54) is 5.56 Å². The minimum absolute atomic E-state index is 0. The van der Waals surface area contributed by atoms with Crippen LogP contribution in [0.1, 0.15) is 24.0 Å². The Morgan fingerprint density at radius 3 is 2.55 bits per heavy atom. The first-order chi connectivity index (χ1) is 14.6. The SMILES string of the molecule is CN=C(NCCOc1ccc(C)cc1)NCc1cccc(OCC(=O)NC2CC2)c1.I. The van der Waals surface area contributed by atoms with Gasteiger partial charge in [-0.1, -0.05) is 29.8 Å². The highest BCUT2D eigenvalue weighted by Crippen LogP contribution is 2.18. The molecule has 0 bridgehead atoms. The third-order valence-corrected chi connectivity index (χ3v) is 4.58. The molecular weight excluding hydrogens is 507 g/mol. The first-order valence-electron chi connectivity index (χ1n) is 10.3. The van der Waals surface area contributed by atoms with Crippen LogP contribution in [0.4, 0.5) is 0 Å². The summed E-state index contributed by atoms with van der Waals surface area (Å²) in [7, 11) is 1.73. The van der Waals surface area contributed by atoms with Gasteiger partial charge in [-0.2, -0.15) is 0 Å². The van der Waals surface area contributed by atoms with Crippen molar-refractivity contribution in [3.63, 3.8) is 0 Å². The van der Waals surface area contributed by atoms with E-state index in [-0.39, 0.29) is 36.5 Å². The Labute approximate surface area is 201 Å². The maximum atomic E-state index is 11.8. The number of hydrogen-bond acceptors (Lipinski definition) is 4. The second-order valence-electron chi connectivity index (χ2n) is 7.29. The van der Waals surface area contributed by atoms with Crippen molar-refractivity contribution >= 4 is 35.8 Å². The lowest BCUT2D eigenvalue weighted by Gasteiger charge is -2.13. The van der Waals surface area contributed by atoms with Gasteiger partial charge in [-0.15, -0.1) is 24.0 Å². The van der Waals surface area contributed by atoms with E-state index in [1.54, 1.807) is 7.05 Å². The maximum absolute atomic E-state index is 11.8. The van der Waals surface area contributed by atoms with Crippen LogP contribution >= 0.6 is 24.0 Å². The van der Waals surface area contributed by atoms with Crippen molar-refractivity contribution in [1.29, 1.82) is 0 Å². The zero-order valence-corrected chi connectivity index (χ0v) is 20.3. The standard InChI is InChI=1S/C23H30N4O3.HI/c1-17-6-10-20(11-7-17)29-13-12-25-23(24-2)26-15-18-4-3-5-21(14-18)30-16-22(28)27-19-8-9-19;/h3-7,10-11,14,19H,8-9,12-13,15-16H2,1-2H3,(H,27,28)(H2,24,25,26);1H. The first kappa shape index (κ1) is 24.8. The number of benzene rings is 2. The minimum atomic E-state index is -0.0708. The van der Waals surface area contributed by atoms with E-state index >= 15 is 0 Å². The number of halogens is 1. The van der Waals surface area contributed by atoms with Gasteiger partial charge >= 0.3 is 0 Å². The normalized spacial score (nSPS) is 13.0. The lowest BCUT2D eigenvalue weighted by Crippen LogP contribution is -2.38. The number of carbonyl (C=O) groups excluding carboxylic acids is 1. The quantitative estimate of drug-likeness (QED) is 0.188. The average Bonchev–Trinajstić information content (AvgIpc) is 3.57. The number of aliphatic imine (C=N–C) groups is 1. The van der Waals surface area contributed by atoms with Crippen molar-refractivity contribution in [1.82, 2.24) is 16.0 Å². The fourth-order valence-electron chi connectivity index (χ4n) is 2.77. The van der Waals surface area contributed by atoms with Gasteiger partial charge in [-0.3, -0.25) is 9.79 Å². The van der Waals surface area contributed by atoms with Gasteiger partial charge in [-0.05, 0) is 49.6 Å². The van der Waals surface area contributed by atoms with Gasteiger partial charge < -0.3 is 25.4 Å². The second-order valence-corrected chi connectivity index (χ2v) is 7.29. The molecule has 0 unspecified atom stereocenters. The molecule has 1 aliphatic rings. The molecule has 1 fully saturated rings. The van der Waals surface area contributed by atoms with E-state index in [0.29, 0.717) is 37.4 Å². The molecule has 168 valence electrons. The summed E-state index contributed by atoms with van der Waals surface area (Å²) in [5.74, 6) is 2.15. The summed E-state index contributed by atoms with van der Waals surface area (Å²) in [5.41, 5.74) is 2.25. The smallest absolute Gasteiger partial charge is 0.258 e. The monoisotopic (exact) mass is 538 g/mol. The summed E-state index contributed by atoms with van der Waals surface area (Å²) in [6.45, 7) is 3.85. The van der Waals surface area contributed by atoms with E-state index in [0.717, 1.165) is 24.2 Å². The summed E-state index contributed by atoms with van der Waals surface area (Å²) in [5, 5.41) is 9.41. The van der Waals surface area contributed by atoms with E-state index in [1.807, 2.05) is 48.5 Å². The molecule has 1 amide bonds. The number of nitrogens with zero attached hydrogens (tertiary/aromatic N) is 1. The Balaban J connectivity index is 0.00000341. The zero-order valence-electron chi connectivity index (χ0n) is 18.0. The van der Waals surface area contributed by atoms with Gasteiger partial charge in [-0.25, -0.2) is 0 Å². The van der Waals surface area contributed by atoms with E-state index in [4.69, 9.17) is 9.47 Å². The van der Waals surface area contributed by atoms with E-state index in [9.17, 15) is 4.79 Å². The van der Waals surface area contributed by atoms with Crippen LogP contribution < -0.4 is 25.4 Å².